The van der Waals surface area contributed by atoms with Gasteiger partial charge >= 0.3 is 12.6 Å². The highest BCUT2D eigenvalue weighted by atomic mass is 32.2. The van der Waals surface area contributed by atoms with Crippen LogP contribution in [0.15, 0.2) is 29.4 Å². The van der Waals surface area contributed by atoms with Crippen LogP contribution in [0.4, 0.5) is 13.6 Å². The lowest BCUT2D eigenvalue weighted by Gasteiger charge is -2.12. The summed E-state index contributed by atoms with van der Waals surface area (Å²) in [6, 6.07) is 6.19. The highest BCUT2D eigenvalue weighted by molar-refractivity contribution is 7.99. The van der Waals surface area contributed by atoms with Crippen LogP contribution in [0.2, 0.25) is 0 Å². The van der Waals surface area contributed by atoms with Gasteiger partial charge in [0.05, 0.1) is 17.6 Å². The number of benzene rings is 1. The number of fused-ring (bicyclic) bond motifs is 1. The molecule has 1 aliphatic rings. The second-order valence-electron chi connectivity index (χ2n) is 4.58. The summed E-state index contributed by atoms with van der Waals surface area (Å²) in [6.07, 6.45) is 0. The Morgan fingerprint density at radius 3 is 2.77 bits per heavy atom. The molecular weight excluding hydrogens is 314 g/mol. The maximum Gasteiger partial charge on any atom is 0.324 e. The fraction of sp³-hybridized carbons (Fsp3) is 0.308. The Bertz CT molecular complexity index is 718. The molecule has 1 N–H and O–H groups in total. The SMILES string of the molecule is O=C1CNC(=O)N1CCSc1nc2ccccc2n1C(F)F. The molecule has 3 amide bonds. The summed E-state index contributed by atoms with van der Waals surface area (Å²) >= 11 is 1.09. The van der Waals surface area contributed by atoms with E-state index in [9.17, 15) is 18.4 Å². The van der Waals surface area contributed by atoms with E-state index in [1.54, 1.807) is 24.3 Å². The molecule has 1 aromatic carbocycles. The van der Waals surface area contributed by atoms with Gasteiger partial charge in [-0.05, 0) is 12.1 Å². The number of nitrogens with zero attached hydrogens (tertiary/aromatic N) is 3. The van der Waals surface area contributed by atoms with Crippen LogP contribution in [-0.4, -0.2) is 45.2 Å². The van der Waals surface area contributed by atoms with Gasteiger partial charge in [0.25, 0.3) is 0 Å². The summed E-state index contributed by atoms with van der Waals surface area (Å²) in [5, 5.41) is 2.58. The monoisotopic (exact) mass is 326 g/mol. The van der Waals surface area contributed by atoms with Crippen LogP contribution >= 0.6 is 11.8 Å². The first-order chi connectivity index (χ1) is 10.6. The number of nitrogens with one attached hydrogen (secondary N) is 1. The van der Waals surface area contributed by atoms with Crippen molar-refractivity contribution < 1.29 is 18.4 Å². The van der Waals surface area contributed by atoms with Crippen molar-refractivity contribution in [2.45, 2.75) is 11.7 Å². The van der Waals surface area contributed by atoms with E-state index in [1.807, 2.05) is 0 Å². The first-order valence-corrected chi connectivity index (χ1v) is 7.52. The van der Waals surface area contributed by atoms with Gasteiger partial charge in [-0.15, -0.1) is 0 Å². The molecule has 0 spiro atoms. The fourth-order valence-electron chi connectivity index (χ4n) is 2.22. The Hall–Kier alpha value is -2.16. The van der Waals surface area contributed by atoms with Crippen molar-refractivity contribution in [1.29, 1.82) is 0 Å². The van der Waals surface area contributed by atoms with Crippen molar-refractivity contribution in [2.24, 2.45) is 0 Å². The number of amides is 3. The molecule has 1 aromatic heterocycles. The van der Waals surface area contributed by atoms with E-state index in [-0.39, 0.29) is 24.2 Å². The van der Waals surface area contributed by atoms with Crippen LogP contribution in [0.25, 0.3) is 11.0 Å². The van der Waals surface area contributed by atoms with Gasteiger partial charge in [-0.25, -0.2) is 9.78 Å². The average Bonchev–Trinajstić information content (AvgIpc) is 3.01. The topological polar surface area (TPSA) is 67.2 Å². The van der Waals surface area contributed by atoms with Crippen molar-refractivity contribution in [3.05, 3.63) is 24.3 Å². The predicted octanol–water partition coefficient (Wildman–Crippen LogP) is 2.08. The quantitative estimate of drug-likeness (QED) is 0.675. The van der Waals surface area contributed by atoms with Gasteiger partial charge in [-0.2, -0.15) is 8.78 Å². The second-order valence-corrected chi connectivity index (χ2v) is 5.65. The number of aromatic nitrogens is 2. The Morgan fingerprint density at radius 1 is 1.32 bits per heavy atom. The van der Waals surface area contributed by atoms with Gasteiger partial charge in [0.15, 0.2) is 5.16 Å². The van der Waals surface area contributed by atoms with Gasteiger partial charge in [0, 0.05) is 12.3 Å². The third kappa shape index (κ3) is 2.63. The molecule has 2 aromatic rings. The Kier molecular flexibility index (Phi) is 3.97. The molecule has 1 fully saturated rings. The zero-order chi connectivity index (χ0) is 15.7. The van der Waals surface area contributed by atoms with Crippen LogP contribution in [0.1, 0.15) is 6.55 Å². The van der Waals surface area contributed by atoms with E-state index in [0.717, 1.165) is 21.2 Å². The molecule has 3 rings (SSSR count). The molecule has 116 valence electrons. The lowest BCUT2D eigenvalue weighted by atomic mass is 10.3. The van der Waals surface area contributed by atoms with Gasteiger partial charge in [-0.1, -0.05) is 23.9 Å². The molecule has 0 unspecified atom stereocenters. The van der Waals surface area contributed by atoms with Gasteiger partial charge < -0.3 is 5.32 Å². The molecule has 1 aliphatic heterocycles. The Morgan fingerprint density at radius 2 is 2.09 bits per heavy atom. The van der Waals surface area contributed by atoms with Crippen LogP contribution < -0.4 is 5.32 Å². The summed E-state index contributed by atoms with van der Waals surface area (Å²) in [4.78, 5) is 28.1. The van der Waals surface area contributed by atoms with Crippen molar-refractivity contribution in [3.8, 4) is 0 Å². The summed E-state index contributed by atoms with van der Waals surface area (Å²) in [7, 11) is 0. The average molecular weight is 326 g/mol. The Labute approximate surface area is 128 Å². The maximum atomic E-state index is 13.2. The highest BCUT2D eigenvalue weighted by Gasteiger charge is 2.28. The van der Waals surface area contributed by atoms with E-state index in [4.69, 9.17) is 0 Å². The summed E-state index contributed by atoms with van der Waals surface area (Å²) < 4.78 is 27.3. The molecule has 0 aliphatic carbocycles. The summed E-state index contributed by atoms with van der Waals surface area (Å²) in [5.41, 5.74) is 0.843. The molecule has 22 heavy (non-hydrogen) atoms. The van der Waals surface area contributed by atoms with Gasteiger partial charge in [0.1, 0.15) is 0 Å². The highest BCUT2D eigenvalue weighted by Crippen LogP contribution is 2.29. The molecule has 1 saturated heterocycles. The number of imide groups is 1. The van der Waals surface area contributed by atoms with Crippen LogP contribution in [0, 0.1) is 0 Å². The zero-order valence-electron chi connectivity index (χ0n) is 11.3. The van der Waals surface area contributed by atoms with Crippen molar-refractivity contribution in [2.75, 3.05) is 18.8 Å². The van der Waals surface area contributed by atoms with Crippen LogP contribution in [0.3, 0.4) is 0 Å². The Balaban J connectivity index is 1.75. The van der Waals surface area contributed by atoms with E-state index in [2.05, 4.69) is 10.3 Å². The van der Waals surface area contributed by atoms with E-state index in [0.29, 0.717) is 16.8 Å². The number of carbonyl (C=O) groups is 2. The van der Waals surface area contributed by atoms with Gasteiger partial charge in [0.2, 0.25) is 5.91 Å². The second kappa shape index (κ2) is 5.91. The molecular formula is C13H12F2N4O2S. The molecule has 6 nitrogen and oxygen atoms in total. The van der Waals surface area contributed by atoms with E-state index in [1.165, 1.54) is 0 Å². The first-order valence-electron chi connectivity index (χ1n) is 6.54. The van der Waals surface area contributed by atoms with E-state index >= 15 is 0 Å². The minimum atomic E-state index is -2.70. The number of halogens is 2. The smallest absolute Gasteiger partial charge is 0.324 e. The maximum absolute atomic E-state index is 13.2. The van der Waals surface area contributed by atoms with Gasteiger partial charge in [-0.3, -0.25) is 14.3 Å². The largest absolute Gasteiger partial charge is 0.329 e. The number of para-hydroxylation sites is 2. The molecule has 0 radical (unpaired) electrons. The number of hydrogen-bond donors (Lipinski definition) is 1. The molecule has 9 heteroatoms. The third-order valence-electron chi connectivity index (χ3n) is 3.24. The number of alkyl halides is 2. The minimum absolute atomic E-state index is 0.0148. The predicted molar refractivity (Wildman–Crippen MR) is 76.8 cm³/mol. The number of imidazole rings is 1. The number of carbonyl (C=O) groups excluding carboxylic acids is 2. The summed E-state index contributed by atoms with van der Waals surface area (Å²) in [5.74, 6) is -0.0113. The summed E-state index contributed by atoms with van der Waals surface area (Å²) in [6.45, 7) is -2.56. The molecule has 0 saturated carbocycles. The molecule has 0 atom stereocenters. The normalized spacial score (nSPS) is 15.1. The van der Waals surface area contributed by atoms with Crippen LogP contribution in [-0.2, 0) is 4.79 Å². The van der Waals surface area contributed by atoms with Crippen molar-refractivity contribution >= 4 is 34.7 Å². The first kappa shape index (κ1) is 14.8. The van der Waals surface area contributed by atoms with Crippen LogP contribution in [0.5, 0.6) is 0 Å². The van der Waals surface area contributed by atoms with E-state index < -0.39 is 12.6 Å². The zero-order valence-corrected chi connectivity index (χ0v) is 12.1. The number of hydrogen-bond acceptors (Lipinski definition) is 4. The lowest BCUT2D eigenvalue weighted by Crippen LogP contribution is -2.32. The number of thioether (sulfide) groups is 1. The molecule has 0 bridgehead atoms. The standard InChI is InChI=1S/C13H12F2N4O2S/c14-11(15)19-9-4-2-1-3-8(9)17-13(19)22-6-5-18-10(20)7-16-12(18)21/h1-4,11H,5-7H2,(H,16,21). The fourth-order valence-corrected chi connectivity index (χ4v) is 3.16. The molecule has 2 heterocycles. The van der Waals surface area contributed by atoms with Crippen molar-refractivity contribution in [1.82, 2.24) is 19.8 Å². The lowest BCUT2D eigenvalue weighted by molar-refractivity contribution is -0.124. The number of urea groups is 1. The third-order valence-corrected chi connectivity index (χ3v) is 4.17. The van der Waals surface area contributed by atoms with Crippen molar-refractivity contribution in [3.63, 3.8) is 0 Å². The number of rotatable bonds is 5. The minimum Gasteiger partial charge on any atom is -0.329 e.